The highest BCUT2D eigenvalue weighted by molar-refractivity contribution is 7.98. The number of rotatable bonds is 7. The molecule has 7 N–H and O–H groups in total. The molecule has 2 aromatic heterocycles. The van der Waals surface area contributed by atoms with Crippen LogP contribution in [0.3, 0.4) is 0 Å². The van der Waals surface area contributed by atoms with Gasteiger partial charge >= 0.3 is 20.6 Å². The number of imidazole rings is 1. The van der Waals surface area contributed by atoms with Gasteiger partial charge in [-0.05, 0) is 6.26 Å². The molecule has 1 aliphatic rings. The zero-order valence-corrected chi connectivity index (χ0v) is 18.0. The SMILES string of the molecule is CSc1nc(N)c2ncn([C@@H]3O[C@H](COP(=O)(O)C(F)(F)P(=O)(O)O)[C@@H](O)[C@H]3O)c2n1. The van der Waals surface area contributed by atoms with Gasteiger partial charge in [0.1, 0.15) is 23.8 Å². The number of fused-ring (bicyclic) bond motifs is 1. The minimum atomic E-state index is -6.34. The Balaban J connectivity index is 1.83. The van der Waals surface area contributed by atoms with E-state index in [1.807, 2.05) is 0 Å². The Hall–Kier alpha value is -1.26. The first-order valence-electron chi connectivity index (χ1n) is 8.17. The maximum atomic E-state index is 13.5. The van der Waals surface area contributed by atoms with E-state index in [0.717, 1.165) is 11.8 Å². The fourth-order valence-electron chi connectivity index (χ4n) is 2.71. The minimum Gasteiger partial charge on any atom is -0.387 e. The van der Waals surface area contributed by atoms with Crippen molar-refractivity contribution < 1.29 is 52.1 Å². The van der Waals surface area contributed by atoms with Crippen molar-refractivity contribution >= 4 is 43.9 Å². The van der Waals surface area contributed by atoms with Crippen molar-refractivity contribution in [3.8, 4) is 0 Å². The molecule has 19 heteroatoms. The quantitative estimate of drug-likeness (QED) is 0.161. The van der Waals surface area contributed by atoms with E-state index in [-0.39, 0.29) is 22.1 Å². The third-order valence-electron chi connectivity index (χ3n) is 4.33. The van der Waals surface area contributed by atoms with Gasteiger partial charge in [0.15, 0.2) is 22.8 Å². The van der Waals surface area contributed by atoms with Gasteiger partial charge in [-0.3, -0.25) is 13.7 Å². The smallest absolute Gasteiger partial charge is 0.387 e. The Labute approximate surface area is 176 Å². The van der Waals surface area contributed by atoms with E-state index in [1.54, 1.807) is 6.26 Å². The van der Waals surface area contributed by atoms with Crippen LogP contribution < -0.4 is 5.73 Å². The van der Waals surface area contributed by atoms with E-state index >= 15 is 0 Å². The molecule has 0 radical (unpaired) electrons. The second-order valence-electron chi connectivity index (χ2n) is 6.34. The van der Waals surface area contributed by atoms with Crippen molar-refractivity contribution in [2.24, 2.45) is 0 Å². The number of nitrogens with zero attached hydrogens (tertiary/aromatic N) is 4. The molecule has 2 aromatic rings. The van der Waals surface area contributed by atoms with E-state index in [1.165, 1.54) is 10.9 Å². The van der Waals surface area contributed by atoms with Crippen molar-refractivity contribution in [2.45, 2.75) is 35.1 Å². The number of nitrogens with two attached hydrogens (primary N) is 1. The first-order chi connectivity index (χ1) is 14.2. The van der Waals surface area contributed by atoms with Crippen molar-refractivity contribution in [1.29, 1.82) is 0 Å². The molecule has 3 rings (SSSR count). The summed E-state index contributed by atoms with van der Waals surface area (Å²) in [7, 11) is -12.5. The van der Waals surface area contributed by atoms with E-state index in [0.29, 0.717) is 0 Å². The summed E-state index contributed by atoms with van der Waals surface area (Å²) in [6.07, 6.45) is -3.61. The molecule has 1 unspecified atom stereocenters. The summed E-state index contributed by atoms with van der Waals surface area (Å²) in [6.45, 7) is -1.20. The standard InChI is InChI=1S/C12H17F2N5O9P2S/c1-31-11-17-8(15)5-9(18-11)19(3-16-5)10-7(21)6(20)4(28-10)2-27-30(25,26)12(13,14)29(22,23)24/h3-4,6-7,10,20-21H,2H2,1H3,(H,25,26)(H2,15,17,18)(H2,22,23,24)/t4-,6-,7-,10-/m1/s1. The molecular weight excluding hydrogens is 490 g/mol. The lowest BCUT2D eigenvalue weighted by molar-refractivity contribution is -0.0507. The molecule has 1 fully saturated rings. The van der Waals surface area contributed by atoms with Crippen molar-refractivity contribution in [2.75, 3.05) is 18.6 Å². The van der Waals surface area contributed by atoms with Crippen LogP contribution in [0.5, 0.6) is 0 Å². The fourth-order valence-corrected chi connectivity index (χ4v) is 5.07. The summed E-state index contributed by atoms with van der Waals surface area (Å²) in [5.41, 5.74) is 6.08. The highest BCUT2D eigenvalue weighted by Gasteiger charge is 2.65. The first kappa shape index (κ1) is 24.4. The minimum absolute atomic E-state index is 0.0295. The van der Waals surface area contributed by atoms with Gasteiger partial charge in [0.25, 0.3) is 0 Å². The second-order valence-corrected chi connectivity index (χ2v) is 11.0. The van der Waals surface area contributed by atoms with Crippen molar-refractivity contribution in [3.05, 3.63) is 6.33 Å². The average molecular weight is 507 g/mol. The monoisotopic (exact) mass is 507 g/mol. The molecule has 14 nitrogen and oxygen atoms in total. The van der Waals surface area contributed by atoms with E-state index in [4.69, 9.17) is 20.3 Å². The van der Waals surface area contributed by atoms with Crippen LogP contribution in [-0.2, 0) is 18.4 Å². The van der Waals surface area contributed by atoms with Gasteiger partial charge in [0, 0.05) is 0 Å². The lowest BCUT2D eigenvalue weighted by Gasteiger charge is -2.24. The third-order valence-corrected chi connectivity index (χ3v) is 8.29. The Bertz CT molecular complexity index is 1080. The summed E-state index contributed by atoms with van der Waals surface area (Å²) >= 11 is 1.16. The first-order valence-corrected chi connectivity index (χ1v) is 12.6. The highest BCUT2D eigenvalue weighted by atomic mass is 32.2. The van der Waals surface area contributed by atoms with E-state index < -0.39 is 51.7 Å². The van der Waals surface area contributed by atoms with Gasteiger partial charge in [-0.2, -0.15) is 8.78 Å². The van der Waals surface area contributed by atoms with Crippen LogP contribution in [0, 0.1) is 0 Å². The molecule has 31 heavy (non-hydrogen) atoms. The summed E-state index contributed by atoms with van der Waals surface area (Å²) in [5, 5.41) is 15.3. The molecule has 3 heterocycles. The predicted molar refractivity (Wildman–Crippen MR) is 100 cm³/mol. The lowest BCUT2D eigenvalue weighted by Crippen LogP contribution is -2.34. The number of alkyl halides is 2. The Kier molecular flexibility index (Phi) is 6.50. The van der Waals surface area contributed by atoms with Crippen LogP contribution >= 0.6 is 27.0 Å². The molecule has 1 saturated heterocycles. The molecule has 5 atom stereocenters. The number of nitrogen functional groups attached to an aromatic ring is 1. The van der Waals surface area contributed by atoms with Gasteiger partial charge in [-0.15, -0.1) is 0 Å². The molecular formula is C12H17F2N5O9P2S. The molecule has 0 aromatic carbocycles. The zero-order valence-electron chi connectivity index (χ0n) is 15.4. The Morgan fingerprint density at radius 3 is 2.52 bits per heavy atom. The van der Waals surface area contributed by atoms with Crippen LogP contribution in [0.4, 0.5) is 14.6 Å². The van der Waals surface area contributed by atoms with Gasteiger partial charge in [0.2, 0.25) is 0 Å². The average Bonchev–Trinajstić information content (AvgIpc) is 3.21. The summed E-state index contributed by atoms with van der Waals surface area (Å²) in [5.74, 6) is 0.0295. The molecule has 0 amide bonds. The number of thioether (sulfide) groups is 1. The zero-order chi connectivity index (χ0) is 23.4. The number of hydrogen-bond acceptors (Lipinski definition) is 11. The van der Waals surface area contributed by atoms with Crippen LogP contribution in [0.15, 0.2) is 11.5 Å². The van der Waals surface area contributed by atoms with E-state index in [9.17, 15) is 33.0 Å². The topological polar surface area (TPSA) is 223 Å². The maximum absolute atomic E-state index is 13.5. The Morgan fingerprint density at radius 2 is 1.94 bits per heavy atom. The molecule has 0 aliphatic carbocycles. The molecule has 174 valence electrons. The number of hydrogen-bond donors (Lipinski definition) is 6. The largest absolute Gasteiger partial charge is 0.443 e. The number of aliphatic hydroxyl groups is 2. The molecule has 0 spiro atoms. The molecule has 1 aliphatic heterocycles. The van der Waals surface area contributed by atoms with Gasteiger partial charge in [-0.1, -0.05) is 11.8 Å². The summed E-state index contributed by atoms with van der Waals surface area (Å²) < 4.78 is 60.2. The second kappa shape index (κ2) is 8.26. The molecule has 0 bridgehead atoms. The van der Waals surface area contributed by atoms with E-state index in [2.05, 4.69) is 19.5 Å². The summed E-state index contributed by atoms with van der Waals surface area (Å²) in [4.78, 5) is 38.7. The number of aliphatic hydroxyl groups excluding tert-OH is 2. The van der Waals surface area contributed by atoms with Crippen LogP contribution in [0.2, 0.25) is 0 Å². The summed E-state index contributed by atoms with van der Waals surface area (Å²) in [6, 6.07) is 0. The third kappa shape index (κ3) is 4.23. The van der Waals surface area contributed by atoms with Crippen molar-refractivity contribution in [3.63, 3.8) is 0 Å². The number of ether oxygens (including phenoxy) is 1. The van der Waals surface area contributed by atoms with Crippen molar-refractivity contribution in [1.82, 2.24) is 19.5 Å². The molecule has 0 saturated carbocycles. The fraction of sp³-hybridized carbons (Fsp3) is 0.583. The van der Waals surface area contributed by atoms with Gasteiger partial charge in [-0.25, -0.2) is 15.0 Å². The maximum Gasteiger partial charge on any atom is 0.443 e. The Morgan fingerprint density at radius 1 is 1.29 bits per heavy atom. The number of halogens is 2. The predicted octanol–water partition coefficient (Wildman–Crippen LogP) is -0.320. The van der Waals surface area contributed by atoms with Crippen LogP contribution in [-0.4, -0.2) is 81.0 Å². The van der Waals surface area contributed by atoms with Crippen LogP contribution in [0.1, 0.15) is 6.23 Å². The number of aromatic nitrogens is 4. The van der Waals surface area contributed by atoms with Crippen LogP contribution in [0.25, 0.3) is 11.2 Å². The van der Waals surface area contributed by atoms with Gasteiger partial charge in [0.05, 0.1) is 12.9 Å². The normalized spacial score (nSPS) is 27.0. The number of anilines is 1. The van der Waals surface area contributed by atoms with Gasteiger partial charge < -0.3 is 39.9 Å². The lowest BCUT2D eigenvalue weighted by atomic mass is 10.1. The highest BCUT2D eigenvalue weighted by Crippen LogP contribution is 2.73.